The number of aliphatic hydroxyl groups is 1. The van der Waals surface area contributed by atoms with Crippen molar-refractivity contribution < 1.29 is 6.48 Å². The summed E-state index contributed by atoms with van der Waals surface area (Å²) in [5.74, 6) is 0.338. The third-order valence-electron chi connectivity index (χ3n) is 1.68. The topological polar surface area (TPSA) is 20.2 Å². The van der Waals surface area contributed by atoms with Gasteiger partial charge in [0.1, 0.15) is 0 Å². The lowest BCUT2D eigenvalue weighted by molar-refractivity contribution is 0.230. The lowest BCUT2D eigenvalue weighted by Crippen LogP contribution is -2.00. The molecular weight excluding hydrogens is 124 g/mol. The summed E-state index contributed by atoms with van der Waals surface area (Å²) in [7, 11) is 0. The van der Waals surface area contributed by atoms with Crippen LogP contribution in [0.2, 0.25) is 0 Å². The van der Waals surface area contributed by atoms with E-state index in [1.807, 2.05) is 13.8 Å². The zero-order valence-electron chi connectivity index (χ0n) is 7.93. The van der Waals surface area contributed by atoms with Gasteiger partial charge in [0.15, 0.2) is 0 Å². The number of hydrogen-bond acceptors (Lipinski definition) is 1. The normalized spacial score (nSPS) is 17.7. The van der Waals surface area contributed by atoms with Crippen LogP contribution in [0.15, 0.2) is 12.2 Å². The summed E-state index contributed by atoms with van der Waals surface area (Å²) in [6.07, 6.45) is 1.64. The Morgan fingerprint density at radius 2 is 2.40 bits per heavy atom. The molecule has 0 heterocycles. The maximum Gasteiger partial charge on any atom is 0.0456 e. The molecule has 0 unspecified atom stereocenters. The molecule has 0 aliphatic rings. The van der Waals surface area contributed by atoms with E-state index < -0.39 is 0 Å². The molecule has 0 aliphatic heterocycles. The molecule has 1 heteroatoms. The van der Waals surface area contributed by atoms with Gasteiger partial charge in [-0.05, 0) is 25.2 Å². The van der Waals surface area contributed by atoms with E-state index >= 15 is 0 Å². The molecule has 0 bridgehead atoms. The highest BCUT2D eigenvalue weighted by atomic mass is 16.3. The maximum atomic E-state index is 8.71. The van der Waals surface area contributed by atoms with Crippen LogP contribution in [0.4, 0.5) is 0 Å². The zero-order chi connectivity index (χ0) is 8.85. The molecule has 0 radical (unpaired) electrons. The van der Waals surface area contributed by atoms with Crippen LogP contribution in [0.5, 0.6) is 0 Å². The molecular formula is C9H18O. The fourth-order valence-corrected chi connectivity index (χ4v) is 0.667. The van der Waals surface area contributed by atoms with E-state index in [1.54, 1.807) is 0 Å². The molecule has 0 aromatic carbocycles. The standard InChI is InChI=1S/C9H18O/c1-4-8(2)5-6-9(3)7-10/h9-10H,2,4-7H2,1,3H3/t9-/m1/s1/i4D/t4-,9-. The Hall–Kier alpha value is -0.300. The van der Waals surface area contributed by atoms with Crippen LogP contribution in [0.3, 0.4) is 0 Å². The van der Waals surface area contributed by atoms with Gasteiger partial charge in [-0.2, -0.15) is 0 Å². The number of aliphatic hydroxyl groups excluding tert-OH is 1. The van der Waals surface area contributed by atoms with E-state index in [9.17, 15) is 0 Å². The molecule has 0 saturated carbocycles. The zero-order valence-corrected chi connectivity index (χ0v) is 6.93. The van der Waals surface area contributed by atoms with Gasteiger partial charge in [-0.25, -0.2) is 0 Å². The SMILES string of the molecule is [2H][C@H](C)C(=C)CC[C@@H](C)CO. The number of allylic oxidation sites excluding steroid dienone is 1. The van der Waals surface area contributed by atoms with E-state index in [0.29, 0.717) is 5.92 Å². The minimum atomic E-state index is -0.166. The van der Waals surface area contributed by atoms with E-state index in [-0.39, 0.29) is 13.0 Å². The highest BCUT2D eigenvalue weighted by molar-refractivity contribution is 4.92. The van der Waals surface area contributed by atoms with Crippen LogP contribution in [-0.2, 0) is 0 Å². The Labute approximate surface area is 65.2 Å². The summed E-state index contributed by atoms with van der Waals surface area (Å²) in [5, 5.41) is 8.71. The molecule has 0 amide bonds. The lowest BCUT2D eigenvalue weighted by atomic mass is 10.0. The van der Waals surface area contributed by atoms with E-state index in [2.05, 4.69) is 6.58 Å². The second-order valence-corrected chi connectivity index (χ2v) is 2.77. The van der Waals surface area contributed by atoms with E-state index in [1.165, 1.54) is 0 Å². The highest BCUT2D eigenvalue weighted by Gasteiger charge is 1.99. The van der Waals surface area contributed by atoms with Crippen LogP contribution in [-0.4, -0.2) is 11.7 Å². The van der Waals surface area contributed by atoms with Gasteiger partial charge in [0.25, 0.3) is 0 Å². The Morgan fingerprint density at radius 1 is 1.80 bits per heavy atom. The Bertz CT molecular complexity index is 121. The molecule has 0 spiro atoms. The van der Waals surface area contributed by atoms with Crippen molar-refractivity contribution in [3.63, 3.8) is 0 Å². The molecule has 0 aromatic heterocycles. The predicted octanol–water partition coefficient (Wildman–Crippen LogP) is 2.36. The quantitative estimate of drug-likeness (QED) is 0.586. The first-order chi connectivity index (χ1) is 5.07. The maximum absolute atomic E-state index is 8.71. The molecule has 1 nitrogen and oxygen atoms in total. The molecule has 0 fully saturated rings. The second-order valence-electron chi connectivity index (χ2n) is 2.77. The van der Waals surface area contributed by atoms with Crippen molar-refractivity contribution in [2.45, 2.75) is 33.1 Å². The minimum Gasteiger partial charge on any atom is -0.396 e. The summed E-state index contributed by atoms with van der Waals surface area (Å²) in [4.78, 5) is 0. The first-order valence-corrected chi connectivity index (χ1v) is 3.78. The fourth-order valence-electron chi connectivity index (χ4n) is 0.667. The Kier molecular flexibility index (Phi) is 4.28. The minimum absolute atomic E-state index is 0.166. The average Bonchev–Trinajstić information content (AvgIpc) is 1.99. The first-order valence-electron chi connectivity index (χ1n) is 4.36. The van der Waals surface area contributed by atoms with Crippen LogP contribution >= 0.6 is 0 Å². The van der Waals surface area contributed by atoms with Gasteiger partial charge in [-0.1, -0.05) is 26.0 Å². The third-order valence-corrected chi connectivity index (χ3v) is 1.68. The van der Waals surface area contributed by atoms with Gasteiger partial charge in [0, 0.05) is 7.98 Å². The second kappa shape index (κ2) is 5.48. The highest BCUT2D eigenvalue weighted by Crippen LogP contribution is 2.11. The van der Waals surface area contributed by atoms with Crippen LogP contribution in [0.1, 0.15) is 34.5 Å². The van der Waals surface area contributed by atoms with Gasteiger partial charge in [0.2, 0.25) is 0 Å². The van der Waals surface area contributed by atoms with Crippen molar-refractivity contribution >= 4 is 0 Å². The van der Waals surface area contributed by atoms with Crippen molar-refractivity contribution in [1.82, 2.24) is 0 Å². The monoisotopic (exact) mass is 143 g/mol. The van der Waals surface area contributed by atoms with Crippen LogP contribution < -0.4 is 0 Å². The largest absolute Gasteiger partial charge is 0.396 e. The molecule has 1 N–H and O–H groups in total. The Balaban J connectivity index is 3.46. The van der Waals surface area contributed by atoms with Crippen molar-refractivity contribution in [2.75, 3.05) is 6.61 Å². The van der Waals surface area contributed by atoms with Crippen molar-refractivity contribution in [3.8, 4) is 0 Å². The molecule has 10 heavy (non-hydrogen) atoms. The van der Waals surface area contributed by atoms with Crippen molar-refractivity contribution in [2.24, 2.45) is 5.92 Å². The molecule has 0 rings (SSSR count). The predicted molar refractivity (Wildman–Crippen MR) is 44.9 cm³/mol. The van der Waals surface area contributed by atoms with E-state index in [0.717, 1.165) is 18.4 Å². The molecule has 2 atom stereocenters. The Morgan fingerprint density at radius 3 is 2.80 bits per heavy atom. The average molecular weight is 143 g/mol. The lowest BCUT2D eigenvalue weighted by Gasteiger charge is -2.07. The molecule has 0 aromatic rings. The van der Waals surface area contributed by atoms with Crippen molar-refractivity contribution in [3.05, 3.63) is 12.2 Å². The van der Waals surface area contributed by atoms with Crippen LogP contribution in [0.25, 0.3) is 0 Å². The van der Waals surface area contributed by atoms with Crippen molar-refractivity contribution in [1.29, 1.82) is 0 Å². The van der Waals surface area contributed by atoms with Gasteiger partial charge < -0.3 is 5.11 Å². The summed E-state index contributed by atoms with van der Waals surface area (Å²) in [6.45, 7) is 7.85. The van der Waals surface area contributed by atoms with Gasteiger partial charge in [0.05, 0.1) is 0 Å². The van der Waals surface area contributed by atoms with Gasteiger partial charge in [-0.15, -0.1) is 0 Å². The summed E-state index contributed by atoms with van der Waals surface area (Å²) in [6, 6.07) is 0. The van der Waals surface area contributed by atoms with Crippen LogP contribution in [0, 0.1) is 5.92 Å². The molecule has 0 saturated heterocycles. The smallest absolute Gasteiger partial charge is 0.0456 e. The van der Waals surface area contributed by atoms with Gasteiger partial charge in [-0.3, -0.25) is 0 Å². The summed E-state index contributed by atoms with van der Waals surface area (Å²) >= 11 is 0. The first kappa shape index (κ1) is 7.80. The number of hydrogen-bond donors (Lipinski definition) is 1. The third kappa shape index (κ3) is 4.57. The summed E-state index contributed by atoms with van der Waals surface area (Å²) < 4.78 is 7.32. The van der Waals surface area contributed by atoms with E-state index in [4.69, 9.17) is 6.48 Å². The molecule has 60 valence electrons. The molecule has 0 aliphatic carbocycles. The fraction of sp³-hybridized carbons (Fsp3) is 0.778. The summed E-state index contributed by atoms with van der Waals surface area (Å²) in [5.41, 5.74) is 0.963. The number of rotatable bonds is 5. The van der Waals surface area contributed by atoms with Gasteiger partial charge >= 0.3 is 0 Å².